The van der Waals surface area contributed by atoms with Crippen LogP contribution in [-0.2, 0) is 25.6 Å². The summed E-state index contributed by atoms with van der Waals surface area (Å²) < 4.78 is 0. The van der Waals surface area contributed by atoms with Gasteiger partial charge in [0.15, 0.2) is 0 Å². The number of aliphatic carboxylic acids is 4. The second kappa shape index (κ2) is 20.7. The van der Waals surface area contributed by atoms with E-state index < -0.39 is 29.9 Å². The van der Waals surface area contributed by atoms with E-state index in [0.717, 1.165) is 5.56 Å². The summed E-state index contributed by atoms with van der Waals surface area (Å²) in [6.45, 7) is 3.71. The molecule has 0 bridgehead atoms. The van der Waals surface area contributed by atoms with Gasteiger partial charge in [-0.3, -0.25) is 38.8 Å². The number of thiocarbonyl (C=S) groups is 1. The zero-order chi connectivity index (χ0) is 34.1. The number of carbonyl (C=O) groups is 4. The molecule has 1 aliphatic rings. The predicted octanol–water partition coefficient (Wildman–Crippen LogP) is -0.244. The van der Waals surface area contributed by atoms with Gasteiger partial charge >= 0.3 is 23.9 Å². The lowest BCUT2D eigenvalue weighted by atomic mass is 10.0. The third kappa shape index (κ3) is 16.3. The minimum absolute atomic E-state index is 0.185. The highest BCUT2D eigenvalue weighted by Crippen LogP contribution is 2.17. The van der Waals surface area contributed by atoms with Crippen LogP contribution in [-0.4, -0.2) is 197 Å². The van der Waals surface area contributed by atoms with Crippen LogP contribution in [0.25, 0.3) is 0 Å². The van der Waals surface area contributed by atoms with Crippen molar-refractivity contribution in [1.29, 1.82) is 0 Å². The highest BCUT2D eigenvalue weighted by Gasteiger charge is 2.26. The predicted molar refractivity (Wildman–Crippen MR) is 175 cm³/mol. The molecule has 1 aromatic rings. The molecule has 1 fully saturated rings. The molecule has 1 aromatic carbocycles. The zero-order valence-electron chi connectivity index (χ0n) is 26.7. The van der Waals surface area contributed by atoms with Gasteiger partial charge in [-0.25, -0.2) is 0 Å². The number of carboxylic acids is 4. The van der Waals surface area contributed by atoms with Gasteiger partial charge in [0.25, 0.3) is 0 Å². The van der Waals surface area contributed by atoms with E-state index in [2.05, 4.69) is 32.2 Å². The Morgan fingerprint density at radius 2 is 1.09 bits per heavy atom. The van der Waals surface area contributed by atoms with Crippen LogP contribution >= 0.6 is 12.2 Å². The first-order valence-corrected chi connectivity index (χ1v) is 15.6. The van der Waals surface area contributed by atoms with Crippen molar-refractivity contribution >= 4 is 46.9 Å². The number of likely N-dealkylation sites (N-methyl/N-ethyl adjacent to an activating group) is 2. The van der Waals surface area contributed by atoms with Crippen molar-refractivity contribution in [3.05, 3.63) is 29.8 Å². The summed E-state index contributed by atoms with van der Waals surface area (Å²) in [7, 11) is 3.91. The molecular weight excluding hydrogens is 618 g/mol. The number of rotatable bonds is 11. The summed E-state index contributed by atoms with van der Waals surface area (Å²) in [6, 6.07) is 6.83. The van der Waals surface area contributed by atoms with Gasteiger partial charge in [-0.1, -0.05) is 12.1 Å². The first-order chi connectivity index (χ1) is 21.8. The molecule has 1 saturated heterocycles. The molecule has 0 saturated carbocycles. The van der Waals surface area contributed by atoms with E-state index in [4.69, 9.17) is 0 Å². The number of hydrogen-bond donors (Lipinski definition) is 4. The summed E-state index contributed by atoms with van der Waals surface area (Å²) in [6.07, 6.45) is 0.400. The Kier molecular flexibility index (Phi) is 17.5. The molecule has 0 amide bonds. The summed E-state index contributed by atoms with van der Waals surface area (Å²) in [5, 5.41) is 41.0. The fraction of sp³-hybridized carbons (Fsp3) is 0.633. The fourth-order valence-corrected chi connectivity index (χ4v) is 5.40. The maximum atomic E-state index is 12.1. The maximum Gasteiger partial charge on any atom is 0.317 e. The van der Waals surface area contributed by atoms with Crippen molar-refractivity contribution in [3.63, 3.8) is 0 Å². The lowest BCUT2D eigenvalue weighted by molar-refractivity contribution is -0.141. The molecule has 2 rings (SSSR count). The van der Waals surface area contributed by atoms with Gasteiger partial charge in [0.05, 0.1) is 37.0 Å². The first kappa shape index (κ1) is 38.8. The molecule has 0 aromatic heterocycles. The SMILES string of the molecule is CN1CCN(C)CCN(CC(=O)O)CC(Cc2ccc(N=C=S)cc2)N(CC(=O)O)CCN(CC(=O)O)CCN(CC(=O)O)CC1. The fourth-order valence-electron chi connectivity index (χ4n) is 5.29. The smallest absolute Gasteiger partial charge is 0.317 e. The van der Waals surface area contributed by atoms with Crippen molar-refractivity contribution < 1.29 is 39.6 Å². The topological polar surface area (TPSA) is 181 Å². The van der Waals surface area contributed by atoms with Gasteiger partial charge < -0.3 is 30.2 Å². The molecule has 1 aliphatic heterocycles. The summed E-state index contributed by atoms with van der Waals surface area (Å²) >= 11 is 4.69. The highest BCUT2D eigenvalue weighted by molar-refractivity contribution is 7.78. The van der Waals surface area contributed by atoms with Gasteiger partial charge in [0.1, 0.15) is 0 Å². The molecule has 1 atom stereocenters. The molecule has 0 aliphatic carbocycles. The molecule has 256 valence electrons. The first-order valence-electron chi connectivity index (χ1n) is 15.2. The quantitative estimate of drug-likeness (QED) is 0.179. The van der Waals surface area contributed by atoms with Gasteiger partial charge in [0, 0.05) is 78.0 Å². The molecule has 16 heteroatoms. The Morgan fingerprint density at radius 3 is 1.57 bits per heavy atom. The number of benzene rings is 1. The van der Waals surface area contributed by atoms with E-state index in [1.54, 1.807) is 26.8 Å². The number of hydrogen-bond acceptors (Lipinski definition) is 12. The Labute approximate surface area is 275 Å². The molecule has 0 spiro atoms. The van der Waals surface area contributed by atoms with Crippen LogP contribution in [0.1, 0.15) is 5.56 Å². The second-order valence-corrected chi connectivity index (χ2v) is 11.8. The Balaban J connectivity index is 2.46. The molecule has 15 nitrogen and oxygen atoms in total. The van der Waals surface area contributed by atoms with Crippen molar-refractivity contribution in [2.45, 2.75) is 12.5 Å². The summed E-state index contributed by atoms with van der Waals surface area (Å²) in [4.78, 5) is 62.5. The Morgan fingerprint density at radius 1 is 0.674 bits per heavy atom. The van der Waals surface area contributed by atoms with E-state index in [1.807, 2.05) is 31.1 Å². The third-order valence-electron chi connectivity index (χ3n) is 7.88. The summed E-state index contributed by atoms with van der Waals surface area (Å²) in [5.74, 6) is -4.08. The normalized spacial score (nSPS) is 20.3. The monoisotopic (exact) mass is 665 g/mol. The molecular formula is C30H47N7O8S. The van der Waals surface area contributed by atoms with Crippen molar-refractivity contribution in [2.75, 3.05) is 112 Å². The lowest BCUT2D eigenvalue weighted by Gasteiger charge is -2.36. The number of isothiocyanates is 1. The highest BCUT2D eigenvalue weighted by atomic mass is 32.1. The number of aliphatic imine (C=N–C) groups is 1. The van der Waals surface area contributed by atoms with Crippen molar-refractivity contribution in [2.24, 2.45) is 4.99 Å². The van der Waals surface area contributed by atoms with Crippen LogP contribution in [0.4, 0.5) is 5.69 Å². The van der Waals surface area contributed by atoms with E-state index in [-0.39, 0.29) is 52.4 Å². The zero-order valence-corrected chi connectivity index (χ0v) is 27.5. The number of carboxylic acid groups (broad SMARTS) is 4. The van der Waals surface area contributed by atoms with Crippen LogP contribution in [0.3, 0.4) is 0 Å². The second-order valence-electron chi connectivity index (χ2n) is 11.7. The van der Waals surface area contributed by atoms with E-state index in [9.17, 15) is 39.6 Å². The number of nitrogens with zero attached hydrogens (tertiary/aromatic N) is 7. The van der Waals surface area contributed by atoms with Crippen molar-refractivity contribution in [3.8, 4) is 0 Å². The standard InChI is InChI=1S/C30H47N7O8S/c1-32-7-8-33(2)10-12-36(21-29(42)43)18-26(17-24-3-5-25(6-4-24)31-23-46)37(22-30(44)45)16-15-35(20-28(40)41)14-13-34(11-9-32)19-27(38)39/h3-6,26H,7-22H2,1-2H3,(H,38,39)(H,40,41)(H,42,43)(H,44,45). The van der Waals surface area contributed by atoms with Crippen LogP contribution in [0.5, 0.6) is 0 Å². The molecule has 1 unspecified atom stereocenters. The molecule has 0 radical (unpaired) electrons. The molecule has 46 heavy (non-hydrogen) atoms. The van der Waals surface area contributed by atoms with Crippen molar-refractivity contribution in [1.82, 2.24) is 29.4 Å². The van der Waals surface area contributed by atoms with Crippen LogP contribution in [0.15, 0.2) is 29.3 Å². The summed E-state index contributed by atoms with van der Waals surface area (Å²) in [5.41, 5.74) is 1.50. The average Bonchev–Trinajstić information content (AvgIpc) is 2.97. The van der Waals surface area contributed by atoms with E-state index >= 15 is 0 Å². The largest absolute Gasteiger partial charge is 0.480 e. The van der Waals surface area contributed by atoms with Gasteiger partial charge in [-0.05, 0) is 50.4 Å². The van der Waals surface area contributed by atoms with Gasteiger partial charge in [-0.2, -0.15) is 4.99 Å². The molecule has 1 heterocycles. The maximum absolute atomic E-state index is 12.1. The van der Waals surface area contributed by atoms with Gasteiger partial charge in [-0.15, -0.1) is 0 Å². The minimum atomic E-state index is -1.07. The van der Waals surface area contributed by atoms with E-state index in [1.165, 1.54) is 0 Å². The minimum Gasteiger partial charge on any atom is -0.480 e. The average molecular weight is 666 g/mol. The van der Waals surface area contributed by atoms with Crippen LogP contribution in [0.2, 0.25) is 0 Å². The molecule has 4 N–H and O–H groups in total. The third-order valence-corrected chi connectivity index (χ3v) is 7.97. The Hall–Kier alpha value is -3.34. The van der Waals surface area contributed by atoms with Gasteiger partial charge in [0.2, 0.25) is 0 Å². The Bertz CT molecular complexity index is 1180. The van der Waals surface area contributed by atoms with Crippen LogP contribution < -0.4 is 0 Å². The van der Waals surface area contributed by atoms with Crippen LogP contribution in [0, 0.1) is 0 Å². The van der Waals surface area contributed by atoms with E-state index in [0.29, 0.717) is 57.9 Å². The lowest BCUT2D eigenvalue weighted by Crippen LogP contribution is -2.52.